The Labute approximate surface area is 122 Å². The lowest BCUT2D eigenvalue weighted by Gasteiger charge is -2.16. The predicted octanol–water partition coefficient (Wildman–Crippen LogP) is 2.97. The van der Waals surface area contributed by atoms with Gasteiger partial charge in [0, 0.05) is 10.3 Å². The van der Waals surface area contributed by atoms with Crippen LogP contribution in [0, 0.1) is 0 Å². The maximum Gasteiger partial charge on any atom is 0.414 e. The minimum atomic E-state index is -4.44. The van der Waals surface area contributed by atoms with E-state index in [0.717, 1.165) is 23.0 Å². The molecule has 0 fully saturated rings. The number of hydrogen-bond donors (Lipinski definition) is 2. The van der Waals surface area contributed by atoms with Crippen molar-refractivity contribution in [3.8, 4) is 0 Å². The van der Waals surface area contributed by atoms with Crippen molar-refractivity contribution in [3.63, 3.8) is 0 Å². The lowest BCUT2D eigenvalue weighted by Crippen LogP contribution is -2.31. The number of alkyl halides is 3. The van der Waals surface area contributed by atoms with Crippen molar-refractivity contribution in [1.29, 1.82) is 0 Å². The topological polar surface area (TPSA) is 64.3 Å². The molecule has 1 aromatic carbocycles. The summed E-state index contributed by atoms with van der Waals surface area (Å²) in [5.41, 5.74) is 2.41. The molecule has 1 aromatic heterocycles. The summed E-state index contributed by atoms with van der Waals surface area (Å²) in [5.74, 6) is 4.56. The van der Waals surface area contributed by atoms with Gasteiger partial charge in [-0.1, -0.05) is 18.2 Å². The van der Waals surface area contributed by atoms with Gasteiger partial charge in [-0.05, 0) is 18.4 Å². The number of ether oxygens (including phenoxy) is 1. The van der Waals surface area contributed by atoms with Crippen molar-refractivity contribution < 1.29 is 22.7 Å². The summed E-state index contributed by atoms with van der Waals surface area (Å²) in [4.78, 5) is 12.0. The number of thiophene rings is 1. The summed E-state index contributed by atoms with van der Waals surface area (Å²) < 4.78 is 43.1. The number of carbonyl (C=O) groups is 1. The molecule has 0 aliphatic carbocycles. The molecule has 1 unspecified atom stereocenters. The van der Waals surface area contributed by atoms with Gasteiger partial charge in [0.15, 0.2) is 6.10 Å². The first-order valence-corrected chi connectivity index (χ1v) is 6.86. The van der Waals surface area contributed by atoms with E-state index in [1.165, 1.54) is 0 Å². The van der Waals surface area contributed by atoms with Crippen LogP contribution in [0.3, 0.4) is 0 Å². The molecule has 1 amide bonds. The number of nitrogens with one attached hydrogen (secondary N) is 1. The second kappa shape index (κ2) is 6.00. The van der Waals surface area contributed by atoms with Crippen LogP contribution >= 0.6 is 11.3 Å². The van der Waals surface area contributed by atoms with Crippen molar-refractivity contribution >= 4 is 27.3 Å². The zero-order valence-electron chi connectivity index (χ0n) is 11.0. The number of amides is 1. The fraction of sp³-hybridized carbons (Fsp3) is 0.308. The van der Waals surface area contributed by atoms with E-state index < -0.39 is 18.2 Å². The highest BCUT2D eigenvalue weighted by atomic mass is 32.1. The fourth-order valence-corrected chi connectivity index (χ4v) is 2.91. The molecule has 2 rings (SSSR count). The van der Waals surface area contributed by atoms with Crippen molar-refractivity contribution in [2.75, 3.05) is 0 Å². The molecule has 1 atom stereocenters. The maximum atomic E-state index is 12.5. The molecule has 0 saturated carbocycles. The molecule has 1 heterocycles. The molecule has 3 N–H and O–H groups in total. The molecule has 0 aliphatic heterocycles. The van der Waals surface area contributed by atoms with E-state index in [1.807, 2.05) is 5.43 Å². The summed E-state index contributed by atoms with van der Waals surface area (Å²) in [7, 11) is 0. The molecule has 0 bridgehead atoms. The van der Waals surface area contributed by atoms with Crippen molar-refractivity contribution in [2.24, 2.45) is 5.84 Å². The second-order valence-electron chi connectivity index (χ2n) is 4.37. The molecule has 21 heavy (non-hydrogen) atoms. The van der Waals surface area contributed by atoms with Gasteiger partial charge >= 0.3 is 6.18 Å². The number of hydrogen-bond acceptors (Lipinski definition) is 4. The third-order valence-corrected chi connectivity index (χ3v) is 4.19. The number of fused-ring (bicyclic) bond motifs is 1. The fourth-order valence-electron chi connectivity index (χ4n) is 1.79. The van der Waals surface area contributed by atoms with Crippen LogP contribution in [-0.4, -0.2) is 18.2 Å². The zero-order valence-corrected chi connectivity index (χ0v) is 11.8. The first kappa shape index (κ1) is 15.7. The predicted molar refractivity (Wildman–Crippen MR) is 73.8 cm³/mol. The Hall–Kier alpha value is -1.64. The van der Waals surface area contributed by atoms with Crippen molar-refractivity contribution in [2.45, 2.75) is 25.8 Å². The van der Waals surface area contributed by atoms with Crippen LogP contribution < -0.4 is 11.3 Å². The van der Waals surface area contributed by atoms with Gasteiger partial charge < -0.3 is 4.74 Å². The number of rotatable bonds is 4. The third kappa shape index (κ3) is 3.34. The highest BCUT2D eigenvalue weighted by molar-refractivity contribution is 7.21. The lowest BCUT2D eigenvalue weighted by atomic mass is 10.1. The Morgan fingerprint density at radius 1 is 1.43 bits per heavy atom. The Kier molecular flexibility index (Phi) is 4.50. The molecule has 0 saturated heterocycles. The van der Waals surface area contributed by atoms with Crippen LogP contribution in [0.25, 0.3) is 10.1 Å². The lowest BCUT2D eigenvalue weighted by molar-refractivity contribution is -0.217. The molecular weight excluding hydrogens is 305 g/mol. The van der Waals surface area contributed by atoms with Crippen LogP contribution in [0.1, 0.15) is 22.2 Å². The standard InChI is InChI=1S/C13H13F3N2O2S/c1-7(13(14,15)16)20-6-9-8-4-2-3-5-10(8)21-11(9)12(19)18-17/h2-5,7H,6,17H2,1H3,(H,18,19). The van der Waals surface area contributed by atoms with Gasteiger partial charge in [-0.15, -0.1) is 11.3 Å². The number of nitrogen functional groups attached to an aromatic ring is 1. The summed E-state index contributed by atoms with van der Waals surface area (Å²) >= 11 is 1.16. The van der Waals surface area contributed by atoms with E-state index in [2.05, 4.69) is 0 Å². The van der Waals surface area contributed by atoms with Gasteiger partial charge in [-0.3, -0.25) is 10.2 Å². The Morgan fingerprint density at radius 3 is 2.71 bits per heavy atom. The van der Waals surface area contributed by atoms with Gasteiger partial charge in [0.05, 0.1) is 11.5 Å². The van der Waals surface area contributed by atoms with Gasteiger partial charge in [-0.2, -0.15) is 13.2 Å². The number of halogens is 3. The summed E-state index contributed by atoms with van der Waals surface area (Å²) in [6, 6.07) is 7.04. The van der Waals surface area contributed by atoms with Crippen LogP contribution in [0.15, 0.2) is 24.3 Å². The van der Waals surface area contributed by atoms with E-state index in [4.69, 9.17) is 10.6 Å². The Morgan fingerprint density at radius 2 is 2.10 bits per heavy atom. The molecule has 4 nitrogen and oxygen atoms in total. The van der Waals surface area contributed by atoms with E-state index in [0.29, 0.717) is 10.9 Å². The minimum Gasteiger partial charge on any atom is -0.364 e. The summed E-state index contributed by atoms with van der Waals surface area (Å²) in [5, 5.41) is 0.690. The first-order chi connectivity index (χ1) is 9.84. The van der Waals surface area contributed by atoms with Crippen LogP contribution in [0.4, 0.5) is 13.2 Å². The van der Waals surface area contributed by atoms with E-state index >= 15 is 0 Å². The molecule has 2 aromatic rings. The molecule has 0 radical (unpaired) electrons. The average molecular weight is 318 g/mol. The average Bonchev–Trinajstić information content (AvgIpc) is 2.81. The number of carbonyl (C=O) groups excluding carboxylic acids is 1. The summed E-state index contributed by atoms with van der Waals surface area (Å²) in [6.45, 7) is 0.616. The maximum absolute atomic E-state index is 12.5. The van der Waals surface area contributed by atoms with Crippen LogP contribution in [0.2, 0.25) is 0 Å². The number of benzene rings is 1. The normalized spacial score (nSPS) is 13.4. The largest absolute Gasteiger partial charge is 0.414 e. The van der Waals surface area contributed by atoms with Crippen molar-refractivity contribution in [1.82, 2.24) is 5.43 Å². The smallest absolute Gasteiger partial charge is 0.364 e. The van der Waals surface area contributed by atoms with Crippen LogP contribution in [-0.2, 0) is 11.3 Å². The van der Waals surface area contributed by atoms with Gasteiger partial charge in [0.2, 0.25) is 0 Å². The Bertz CT molecular complexity index is 654. The molecule has 8 heteroatoms. The number of nitrogens with two attached hydrogens (primary N) is 1. The molecule has 114 valence electrons. The zero-order chi connectivity index (χ0) is 15.6. The highest BCUT2D eigenvalue weighted by Crippen LogP contribution is 2.33. The second-order valence-corrected chi connectivity index (χ2v) is 5.43. The molecule has 0 aliphatic rings. The summed E-state index contributed by atoms with van der Waals surface area (Å²) in [6.07, 6.45) is -6.35. The number of hydrazine groups is 1. The van der Waals surface area contributed by atoms with Gasteiger partial charge in [0.25, 0.3) is 5.91 Å². The van der Waals surface area contributed by atoms with E-state index in [1.54, 1.807) is 24.3 Å². The Balaban J connectivity index is 2.34. The highest BCUT2D eigenvalue weighted by Gasteiger charge is 2.37. The van der Waals surface area contributed by atoms with E-state index in [9.17, 15) is 18.0 Å². The molecular formula is C13H13F3N2O2S. The monoisotopic (exact) mass is 318 g/mol. The molecule has 0 spiro atoms. The van der Waals surface area contributed by atoms with Gasteiger partial charge in [-0.25, -0.2) is 5.84 Å². The van der Waals surface area contributed by atoms with Crippen molar-refractivity contribution in [3.05, 3.63) is 34.7 Å². The first-order valence-electron chi connectivity index (χ1n) is 6.04. The minimum absolute atomic E-state index is 0.257. The van der Waals surface area contributed by atoms with E-state index in [-0.39, 0.29) is 11.5 Å². The third-order valence-electron chi connectivity index (χ3n) is 2.97. The SMILES string of the molecule is CC(OCc1c(C(=O)NN)sc2ccccc12)C(F)(F)F. The quantitative estimate of drug-likeness (QED) is 0.517. The van der Waals surface area contributed by atoms with Gasteiger partial charge in [0.1, 0.15) is 0 Å². The van der Waals surface area contributed by atoms with Crippen LogP contribution in [0.5, 0.6) is 0 Å².